The van der Waals surface area contributed by atoms with E-state index in [0.29, 0.717) is 40.7 Å². The summed E-state index contributed by atoms with van der Waals surface area (Å²) < 4.78 is 25.5. The molecule has 5 aromatic heterocycles. The van der Waals surface area contributed by atoms with Crippen LogP contribution >= 0.6 is 0 Å². The molecule has 0 amide bonds. The lowest BCUT2D eigenvalue weighted by Gasteiger charge is -2.08. The van der Waals surface area contributed by atoms with Crippen molar-refractivity contribution in [3.63, 3.8) is 0 Å². The number of fused-ring (bicyclic) bond motifs is 2. The van der Waals surface area contributed by atoms with Crippen molar-refractivity contribution in [3.8, 4) is 45.1 Å². The van der Waals surface area contributed by atoms with Crippen LogP contribution < -0.4 is 9.47 Å². The highest BCUT2D eigenvalue weighted by Crippen LogP contribution is 2.35. The first kappa shape index (κ1) is 24.5. The zero-order valence-electron chi connectivity index (χ0n) is 21.9. The number of halogens is 1. The third-order valence-corrected chi connectivity index (χ3v) is 6.92. The third-order valence-electron chi connectivity index (χ3n) is 6.92. The average molecular weight is 543 g/mol. The Morgan fingerprint density at radius 3 is 2.51 bits per heavy atom. The van der Waals surface area contributed by atoms with Gasteiger partial charge in [-0.2, -0.15) is 5.10 Å². The molecule has 8 nitrogen and oxygen atoms in total. The van der Waals surface area contributed by atoms with Crippen molar-refractivity contribution in [3.05, 3.63) is 109 Å². The van der Waals surface area contributed by atoms with Gasteiger partial charge in [-0.25, -0.2) is 14.4 Å². The lowest BCUT2D eigenvalue weighted by atomic mass is 10.0. The summed E-state index contributed by atoms with van der Waals surface area (Å²) >= 11 is 0. The van der Waals surface area contributed by atoms with E-state index in [1.807, 2.05) is 54.6 Å². The Hall–Kier alpha value is -5.57. The van der Waals surface area contributed by atoms with Crippen LogP contribution in [0, 0.1) is 5.82 Å². The molecule has 2 aromatic carbocycles. The Morgan fingerprint density at radius 1 is 0.780 bits per heavy atom. The summed E-state index contributed by atoms with van der Waals surface area (Å²) in [4.78, 5) is 16.9. The maximum atomic E-state index is 14.3. The van der Waals surface area contributed by atoms with Crippen LogP contribution in [0.5, 0.6) is 11.5 Å². The van der Waals surface area contributed by atoms with Crippen molar-refractivity contribution in [2.75, 3.05) is 7.11 Å². The first-order valence-electron chi connectivity index (χ1n) is 12.9. The second-order valence-corrected chi connectivity index (χ2v) is 9.56. The molecule has 0 aliphatic heterocycles. The number of hydrogen-bond acceptors (Lipinski definition) is 6. The Labute approximate surface area is 233 Å². The fourth-order valence-corrected chi connectivity index (χ4v) is 4.91. The molecular weight excluding hydrogens is 519 g/mol. The molecule has 7 rings (SSSR count). The van der Waals surface area contributed by atoms with E-state index in [2.05, 4.69) is 30.1 Å². The van der Waals surface area contributed by atoms with Gasteiger partial charge in [0.25, 0.3) is 0 Å². The van der Waals surface area contributed by atoms with Crippen molar-refractivity contribution in [1.29, 1.82) is 0 Å². The quantitative estimate of drug-likeness (QED) is 0.226. The van der Waals surface area contributed by atoms with Gasteiger partial charge in [-0.15, -0.1) is 0 Å². The summed E-state index contributed by atoms with van der Waals surface area (Å²) in [5.74, 6) is 0.740. The lowest BCUT2D eigenvalue weighted by Crippen LogP contribution is -1.96. The van der Waals surface area contributed by atoms with Gasteiger partial charge >= 0.3 is 0 Å². The van der Waals surface area contributed by atoms with Gasteiger partial charge in [-0.1, -0.05) is 30.3 Å². The van der Waals surface area contributed by atoms with Crippen LogP contribution in [0.2, 0.25) is 0 Å². The second-order valence-electron chi connectivity index (χ2n) is 9.56. The Bertz CT molecular complexity index is 2020. The van der Waals surface area contributed by atoms with E-state index in [-0.39, 0.29) is 5.82 Å². The zero-order valence-corrected chi connectivity index (χ0v) is 21.9. The van der Waals surface area contributed by atoms with Crippen LogP contribution in [0.1, 0.15) is 5.56 Å². The fourth-order valence-electron chi connectivity index (χ4n) is 4.91. The summed E-state index contributed by atoms with van der Waals surface area (Å²) in [7, 11) is 1.52. The minimum atomic E-state index is -0.374. The van der Waals surface area contributed by atoms with E-state index < -0.39 is 0 Å². The normalized spacial score (nSPS) is 11.3. The number of rotatable bonds is 7. The predicted octanol–water partition coefficient (Wildman–Crippen LogP) is 6.96. The number of benzene rings is 2. The first-order valence-corrected chi connectivity index (χ1v) is 12.9. The van der Waals surface area contributed by atoms with Crippen molar-refractivity contribution >= 4 is 22.1 Å². The monoisotopic (exact) mass is 542 g/mol. The van der Waals surface area contributed by atoms with Gasteiger partial charge in [0.05, 0.1) is 19.0 Å². The van der Waals surface area contributed by atoms with Crippen LogP contribution in [0.15, 0.2) is 97.6 Å². The maximum Gasteiger partial charge on any atom is 0.155 e. The molecule has 0 radical (unpaired) electrons. The summed E-state index contributed by atoms with van der Waals surface area (Å²) in [6.07, 6.45) is 6.96. The number of aromatic amines is 2. The number of hydrogen-bond donors (Lipinski definition) is 2. The first-order chi connectivity index (χ1) is 20.1. The van der Waals surface area contributed by atoms with Crippen LogP contribution in [0.3, 0.4) is 0 Å². The van der Waals surface area contributed by atoms with Gasteiger partial charge in [0, 0.05) is 46.6 Å². The van der Waals surface area contributed by atoms with E-state index in [1.54, 1.807) is 30.9 Å². The highest BCUT2D eigenvalue weighted by atomic mass is 19.1. The van der Waals surface area contributed by atoms with Crippen molar-refractivity contribution < 1.29 is 13.9 Å². The molecule has 0 aliphatic rings. The summed E-state index contributed by atoms with van der Waals surface area (Å²) in [6, 6.07) is 22.4. The van der Waals surface area contributed by atoms with Gasteiger partial charge in [0.1, 0.15) is 35.3 Å². The molecule has 0 unspecified atom stereocenters. The van der Waals surface area contributed by atoms with Gasteiger partial charge in [-0.05, 0) is 53.1 Å². The lowest BCUT2D eigenvalue weighted by molar-refractivity contribution is 0.305. The van der Waals surface area contributed by atoms with E-state index >= 15 is 0 Å². The van der Waals surface area contributed by atoms with Gasteiger partial charge in [-0.3, -0.25) is 10.1 Å². The molecule has 0 bridgehead atoms. The molecule has 9 heteroatoms. The number of pyridine rings is 3. The highest BCUT2D eigenvalue weighted by Gasteiger charge is 2.16. The van der Waals surface area contributed by atoms with E-state index in [4.69, 9.17) is 9.47 Å². The van der Waals surface area contributed by atoms with Crippen LogP contribution in [0.4, 0.5) is 4.39 Å². The largest absolute Gasteiger partial charge is 0.497 e. The molecule has 0 saturated carbocycles. The third kappa shape index (κ3) is 4.74. The Morgan fingerprint density at radius 2 is 1.63 bits per heavy atom. The second kappa shape index (κ2) is 10.2. The molecule has 0 aliphatic carbocycles. The molecule has 41 heavy (non-hydrogen) atoms. The van der Waals surface area contributed by atoms with Crippen molar-refractivity contribution in [2.45, 2.75) is 6.61 Å². The van der Waals surface area contributed by atoms with Gasteiger partial charge < -0.3 is 14.5 Å². The number of nitrogens with one attached hydrogen (secondary N) is 2. The Kier molecular flexibility index (Phi) is 6.09. The highest BCUT2D eigenvalue weighted by molar-refractivity contribution is 5.99. The van der Waals surface area contributed by atoms with Crippen LogP contribution in [0.25, 0.3) is 55.7 Å². The molecular formula is C32H23FN6O2. The van der Waals surface area contributed by atoms with Crippen molar-refractivity contribution in [2.24, 2.45) is 0 Å². The number of ether oxygens (including phenoxy) is 2. The van der Waals surface area contributed by atoms with E-state index in [0.717, 1.165) is 38.7 Å². The number of H-pyrrole nitrogens is 2. The molecule has 0 atom stereocenters. The zero-order chi connectivity index (χ0) is 27.8. The maximum absolute atomic E-state index is 14.3. The summed E-state index contributed by atoms with van der Waals surface area (Å²) in [5, 5.41) is 9.24. The molecule has 0 fully saturated rings. The molecule has 2 N–H and O–H groups in total. The topological polar surface area (TPSA) is 102 Å². The number of nitrogens with zero attached hydrogens (tertiary/aromatic N) is 4. The summed E-state index contributed by atoms with van der Waals surface area (Å²) in [6.45, 7) is 0.452. The van der Waals surface area contributed by atoms with Gasteiger partial charge in [0.15, 0.2) is 5.65 Å². The summed E-state index contributed by atoms with van der Waals surface area (Å²) in [5.41, 5.74) is 7.10. The number of aromatic nitrogens is 6. The van der Waals surface area contributed by atoms with E-state index in [9.17, 15) is 4.39 Å². The molecule has 0 spiro atoms. The SMILES string of the molecule is COc1cc(F)cc(-c2ccnc3[nH]c(-c4n[nH]c5ncc(-c6cncc(OCc7ccccc7)c6)cc45)cc23)c1. The predicted molar refractivity (Wildman–Crippen MR) is 155 cm³/mol. The average Bonchev–Trinajstić information content (AvgIpc) is 3.64. The smallest absolute Gasteiger partial charge is 0.155 e. The standard InChI is InChI=1S/C32H23FN6O2/c1-40-24-10-20(9-23(33)13-24)26-7-8-35-31-27(26)14-29(37-31)30-28-12-22(16-36-32(28)39-38-30)21-11-25(17-34-15-21)41-18-19-5-3-2-4-6-19/h2-17H,18H2,1H3,(H,35,37)(H,36,38,39). The minimum Gasteiger partial charge on any atom is -0.497 e. The molecule has 200 valence electrons. The molecule has 0 saturated heterocycles. The Balaban J connectivity index is 1.24. The van der Waals surface area contributed by atoms with E-state index in [1.165, 1.54) is 19.2 Å². The van der Waals surface area contributed by atoms with Crippen molar-refractivity contribution in [1.82, 2.24) is 30.1 Å². The molecule has 5 heterocycles. The number of methoxy groups -OCH3 is 1. The molecule has 7 aromatic rings. The minimum absolute atomic E-state index is 0.374. The van der Waals surface area contributed by atoms with Gasteiger partial charge in [0.2, 0.25) is 0 Å². The fraction of sp³-hybridized carbons (Fsp3) is 0.0625. The van der Waals surface area contributed by atoms with Crippen LogP contribution in [-0.2, 0) is 6.61 Å². The van der Waals surface area contributed by atoms with Crippen LogP contribution in [-0.4, -0.2) is 37.2 Å².